The van der Waals surface area contributed by atoms with E-state index in [4.69, 9.17) is 46.4 Å². The fourth-order valence-corrected chi connectivity index (χ4v) is 3.23. The monoisotopic (exact) mass is 437 g/mol. The van der Waals surface area contributed by atoms with Crippen LogP contribution in [0.1, 0.15) is 28.4 Å². The van der Waals surface area contributed by atoms with Gasteiger partial charge in [-0.05, 0) is 66.2 Å². The minimum Gasteiger partial charge on any atom is -0.378 e. The van der Waals surface area contributed by atoms with Crippen LogP contribution in [0.15, 0.2) is 66.7 Å². The van der Waals surface area contributed by atoms with E-state index in [0.717, 1.165) is 11.3 Å². The highest BCUT2D eigenvalue weighted by Gasteiger charge is 2.18. The minimum atomic E-state index is -0.288. The summed E-state index contributed by atoms with van der Waals surface area (Å²) in [5, 5.41) is 5.51. The second-order valence-corrected chi connectivity index (χ2v) is 7.70. The molecule has 0 spiro atoms. The third-order valence-electron chi connectivity index (χ3n) is 4.09. The maximum Gasteiger partial charge on any atom is 0.165 e. The first kappa shape index (κ1) is 20.0. The summed E-state index contributed by atoms with van der Waals surface area (Å²) in [7, 11) is 0. The number of nitrogens with one attached hydrogen (secondary N) is 1. The number of carbonyl (C=O) groups is 1. The third-order valence-corrected chi connectivity index (χ3v) is 5.33. The molecule has 1 unspecified atom stereocenters. The first-order valence-electron chi connectivity index (χ1n) is 8.18. The van der Waals surface area contributed by atoms with E-state index in [0.29, 0.717) is 25.7 Å². The van der Waals surface area contributed by atoms with Gasteiger partial charge in [-0.3, -0.25) is 4.79 Å². The SMILES string of the molecule is O=C(CC(Nc1ccc(Cl)cc1)c1ccc(Cl)c(Cl)c1)c1ccc(Cl)cc1. The molecule has 2 nitrogen and oxygen atoms in total. The largest absolute Gasteiger partial charge is 0.378 e. The second-order valence-electron chi connectivity index (χ2n) is 6.01. The van der Waals surface area contributed by atoms with Gasteiger partial charge in [-0.25, -0.2) is 0 Å². The van der Waals surface area contributed by atoms with Crippen molar-refractivity contribution in [3.8, 4) is 0 Å². The lowest BCUT2D eigenvalue weighted by atomic mass is 9.97. The van der Waals surface area contributed by atoms with E-state index in [-0.39, 0.29) is 18.2 Å². The van der Waals surface area contributed by atoms with E-state index in [1.54, 1.807) is 48.5 Å². The van der Waals surface area contributed by atoms with Gasteiger partial charge < -0.3 is 5.32 Å². The summed E-state index contributed by atoms with van der Waals surface area (Å²) in [4.78, 5) is 12.8. The molecule has 0 fully saturated rings. The molecule has 0 aliphatic heterocycles. The molecule has 138 valence electrons. The highest BCUT2D eigenvalue weighted by atomic mass is 35.5. The Hall–Kier alpha value is -1.71. The van der Waals surface area contributed by atoms with Crippen molar-refractivity contribution in [1.29, 1.82) is 0 Å². The first-order valence-corrected chi connectivity index (χ1v) is 9.69. The topological polar surface area (TPSA) is 29.1 Å². The number of rotatable bonds is 6. The van der Waals surface area contributed by atoms with Crippen LogP contribution >= 0.6 is 46.4 Å². The fraction of sp³-hybridized carbons (Fsp3) is 0.0952. The molecular weight excluding hydrogens is 424 g/mol. The minimum absolute atomic E-state index is 0.01000. The van der Waals surface area contributed by atoms with Gasteiger partial charge in [0.2, 0.25) is 0 Å². The fourth-order valence-electron chi connectivity index (χ4n) is 2.67. The zero-order valence-electron chi connectivity index (χ0n) is 14.1. The Bertz CT molecular complexity index is 939. The maximum absolute atomic E-state index is 12.8. The summed E-state index contributed by atoms with van der Waals surface area (Å²) in [5.74, 6) is -0.01000. The zero-order chi connectivity index (χ0) is 19.4. The molecule has 0 saturated heterocycles. The van der Waals surface area contributed by atoms with Crippen molar-refractivity contribution in [2.75, 3.05) is 5.32 Å². The van der Waals surface area contributed by atoms with Gasteiger partial charge in [0.1, 0.15) is 0 Å². The predicted octanol–water partition coefficient (Wildman–Crippen LogP) is 7.73. The molecular formula is C21H15Cl4NO. The molecule has 0 radical (unpaired) electrons. The standard InChI is InChI=1S/C21H15Cl4NO/c22-15-4-1-13(2-5-15)21(27)12-20(14-3-10-18(24)19(25)11-14)26-17-8-6-16(23)7-9-17/h1-11,20,26H,12H2. The molecule has 0 heterocycles. The Morgan fingerprint density at radius 2 is 1.37 bits per heavy atom. The first-order chi connectivity index (χ1) is 12.9. The summed E-state index contributed by atoms with van der Waals surface area (Å²) in [5.41, 5.74) is 2.31. The summed E-state index contributed by atoms with van der Waals surface area (Å²) >= 11 is 24.1. The number of ketones is 1. The molecule has 3 rings (SSSR count). The van der Waals surface area contributed by atoms with Crippen molar-refractivity contribution in [2.24, 2.45) is 0 Å². The van der Waals surface area contributed by atoms with Crippen LogP contribution in [0.5, 0.6) is 0 Å². The van der Waals surface area contributed by atoms with Crippen LogP contribution in [0.4, 0.5) is 5.69 Å². The lowest BCUT2D eigenvalue weighted by Crippen LogP contribution is -2.16. The Morgan fingerprint density at radius 3 is 1.96 bits per heavy atom. The van der Waals surface area contributed by atoms with Crippen LogP contribution in [-0.2, 0) is 0 Å². The van der Waals surface area contributed by atoms with Crippen molar-refractivity contribution >= 4 is 57.9 Å². The van der Waals surface area contributed by atoms with Crippen LogP contribution in [-0.4, -0.2) is 5.78 Å². The van der Waals surface area contributed by atoms with Crippen molar-refractivity contribution in [3.05, 3.63) is 97.9 Å². The molecule has 0 saturated carbocycles. The third kappa shape index (κ3) is 5.40. The number of benzene rings is 3. The number of halogens is 4. The Balaban J connectivity index is 1.88. The lowest BCUT2D eigenvalue weighted by Gasteiger charge is -2.21. The average molecular weight is 439 g/mol. The van der Waals surface area contributed by atoms with Gasteiger partial charge in [0.15, 0.2) is 5.78 Å². The smallest absolute Gasteiger partial charge is 0.165 e. The Kier molecular flexibility index (Phi) is 6.67. The van der Waals surface area contributed by atoms with Crippen molar-refractivity contribution in [3.63, 3.8) is 0 Å². The number of anilines is 1. The molecule has 3 aromatic carbocycles. The summed E-state index contributed by atoms with van der Waals surface area (Å²) < 4.78 is 0. The van der Waals surface area contributed by atoms with E-state index >= 15 is 0 Å². The summed E-state index contributed by atoms with van der Waals surface area (Å²) in [6, 6.07) is 19.2. The molecule has 6 heteroatoms. The maximum atomic E-state index is 12.8. The van der Waals surface area contributed by atoms with Crippen molar-refractivity contribution in [1.82, 2.24) is 0 Å². The predicted molar refractivity (Wildman–Crippen MR) is 115 cm³/mol. The molecule has 0 aromatic heterocycles. The molecule has 1 atom stereocenters. The van der Waals surface area contributed by atoms with Crippen LogP contribution in [0, 0.1) is 0 Å². The normalized spacial score (nSPS) is 11.9. The van der Waals surface area contributed by atoms with E-state index in [9.17, 15) is 4.79 Å². The van der Waals surface area contributed by atoms with Gasteiger partial charge in [0.05, 0.1) is 16.1 Å². The molecule has 27 heavy (non-hydrogen) atoms. The van der Waals surface area contributed by atoms with Crippen LogP contribution < -0.4 is 5.32 Å². The molecule has 1 N–H and O–H groups in total. The summed E-state index contributed by atoms with van der Waals surface area (Å²) in [6.07, 6.45) is 0.238. The zero-order valence-corrected chi connectivity index (χ0v) is 17.1. The number of carbonyl (C=O) groups excluding carboxylic acids is 1. The van der Waals surface area contributed by atoms with Crippen LogP contribution in [0.25, 0.3) is 0 Å². The molecule has 0 aliphatic carbocycles. The average Bonchev–Trinajstić information content (AvgIpc) is 2.65. The second kappa shape index (κ2) is 8.99. The van der Waals surface area contributed by atoms with E-state index in [1.807, 2.05) is 18.2 Å². The quantitative estimate of drug-likeness (QED) is 0.399. The van der Waals surface area contributed by atoms with Gasteiger partial charge in [0, 0.05) is 27.7 Å². The van der Waals surface area contributed by atoms with E-state index in [1.165, 1.54) is 0 Å². The highest BCUT2D eigenvalue weighted by Crippen LogP contribution is 2.30. The van der Waals surface area contributed by atoms with Gasteiger partial charge in [0.25, 0.3) is 0 Å². The van der Waals surface area contributed by atoms with Gasteiger partial charge in [-0.2, -0.15) is 0 Å². The molecule has 0 bridgehead atoms. The molecule has 0 amide bonds. The van der Waals surface area contributed by atoms with Gasteiger partial charge >= 0.3 is 0 Å². The molecule has 0 aliphatic rings. The van der Waals surface area contributed by atoms with Crippen LogP contribution in [0.3, 0.4) is 0 Å². The summed E-state index contributed by atoms with van der Waals surface area (Å²) in [6.45, 7) is 0. The lowest BCUT2D eigenvalue weighted by molar-refractivity contribution is 0.0976. The highest BCUT2D eigenvalue weighted by molar-refractivity contribution is 6.42. The number of hydrogen-bond donors (Lipinski definition) is 1. The Labute approximate surface area is 178 Å². The number of Topliss-reactive ketones (excluding diaryl/α,β-unsaturated/α-hetero) is 1. The number of hydrogen-bond acceptors (Lipinski definition) is 2. The van der Waals surface area contributed by atoms with Crippen LogP contribution in [0.2, 0.25) is 20.1 Å². The van der Waals surface area contributed by atoms with Crippen molar-refractivity contribution in [2.45, 2.75) is 12.5 Å². The van der Waals surface area contributed by atoms with Gasteiger partial charge in [-0.15, -0.1) is 0 Å². The van der Waals surface area contributed by atoms with E-state index < -0.39 is 0 Å². The van der Waals surface area contributed by atoms with E-state index in [2.05, 4.69) is 5.32 Å². The molecule has 3 aromatic rings. The Morgan fingerprint density at radius 1 is 0.778 bits per heavy atom. The van der Waals surface area contributed by atoms with Crippen molar-refractivity contribution < 1.29 is 4.79 Å². The van der Waals surface area contributed by atoms with Gasteiger partial charge in [-0.1, -0.05) is 52.5 Å².